The van der Waals surface area contributed by atoms with Gasteiger partial charge in [0.15, 0.2) is 0 Å². The number of aromatic nitrogens is 1. The van der Waals surface area contributed by atoms with Gasteiger partial charge in [-0.15, -0.1) is 0 Å². The van der Waals surface area contributed by atoms with Crippen molar-refractivity contribution in [3.8, 4) is 0 Å². The lowest BCUT2D eigenvalue weighted by atomic mass is 10.1. The third kappa shape index (κ3) is 6.10. The Morgan fingerprint density at radius 3 is 2.70 bits per heavy atom. The van der Waals surface area contributed by atoms with Crippen LogP contribution in [-0.4, -0.2) is 24.0 Å². The van der Waals surface area contributed by atoms with E-state index in [4.69, 9.17) is 0 Å². The van der Waals surface area contributed by atoms with Crippen LogP contribution in [0.4, 0.5) is 5.69 Å². The minimum absolute atomic E-state index is 0.0702. The number of benzene rings is 1. The van der Waals surface area contributed by atoms with E-state index in [1.165, 1.54) is 5.56 Å². The first-order chi connectivity index (χ1) is 11.1. The number of rotatable bonds is 8. The lowest BCUT2D eigenvalue weighted by molar-refractivity contribution is 0.0948. The van der Waals surface area contributed by atoms with E-state index in [0.29, 0.717) is 18.0 Å². The molecule has 122 valence electrons. The summed E-state index contributed by atoms with van der Waals surface area (Å²) in [7, 11) is 0. The zero-order valence-corrected chi connectivity index (χ0v) is 13.9. The minimum atomic E-state index is -0.0702. The van der Waals surface area contributed by atoms with Crippen molar-refractivity contribution in [2.24, 2.45) is 5.92 Å². The van der Waals surface area contributed by atoms with Crippen molar-refractivity contribution < 1.29 is 4.79 Å². The quantitative estimate of drug-likeness (QED) is 0.734. The van der Waals surface area contributed by atoms with Crippen molar-refractivity contribution in [1.29, 1.82) is 0 Å². The van der Waals surface area contributed by atoms with Gasteiger partial charge >= 0.3 is 0 Å². The smallest absolute Gasteiger partial charge is 0.252 e. The summed E-state index contributed by atoms with van der Waals surface area (Å²) in [6.45, 7) is 5.67. The van der Waals surface area contributed by atoms with Crippen LogP contribution in [0.3, 0.4) is 0 Å². The molecule has 0 saturated carbocycles. The number of nitrogens with zero attached hydrogens (tertiary/aromatic N) is 1. The van der Waals surface area contributed by atoms with Gasteiger partial charge in [0.05, 0.1) is 11.3 Å². The highest BCUT2D eigenvalue weighted by Crippen LogP contribution is 2.09. The molecule has 2 aromatic rings. The number of hydrogen-bond donors (Lipinski definition) is 2. The molecule has 0 aliphatic carbocycles. The largest absolute Gasteiger partial charge is 0.384 e. The zero-order valence-electron chi connectivity index (χ0n) is 13.9. The topological polar surface area (TPSA) is 54.0 Å². The van der Waals surface area contributed by atoms with Crippen LogP contribution >= 0.6 is 0 Å². The SMILES string of the molecule is CC(C)CNC(=O)c1cncc(NCCCc2ccccc2)c1. The number of aryl methyl sites for hydroxylation is 1. The molecule has 0 saturated heterocycles. The van der Waals surface area contributed by atoms with Gasteiger partial charge in [0.1, 0.15) is 0 Å². The predicted molar refractivity (Wildman–Crippen MR) is 94.7 cm³/mol. The maximum atomic E-state index is 12.0. The monoisotopic (exact) mass is 311 g/mol. The van der Waals surface area contributed by atoms with Crippen LogP contribution in [0, 0.1) is 5.92 Å². The van der Waals surface area contributed by atoms with Crippen LogP contribution < -0.4 is 10.6 Å². The highest BCUT2D eigenvalue weighted by molar-refractivity contribution is 5.94. The van der Waals surface area contributed by atoms with Gasteiger partial charge in [0.2, 0.25) is 0 Å². The fraction of sp³-hybridized carbons (Fsp3) is 0.368. The maximum absolute atomic E-state index is 12.0. The summed E-state index contributed by atoms with van der Waals surface area (Å²) in [6, 6.07) is 12.3. The normalized spacial score (nSPS) is 10.6. The van der Waals surface area contributed by atoms with Gasteiger partial charge in [-0.05, 0) is 30.4 Å². The van der Waals surface area contributed by atoms with Gasteiger partial charge in [-0.3, -0.25) is 9.78 Å². The highest BCUT2D eigenvalue weighted by Gasteiger charge is 2.07. The molecule has 4 heteroatoms. The molecule has 0 unspecified atom stereocenters. The Hall–Kier alpha value is -2.36. The van der Waals surface area contributed by atoms with E-state index in [0.717, 1.165) is 25.1 Å². The summed E-state index contributed by atoms with van der Waals surface area (Å²) in [5.74, 6) is 0.366. The molecule has 1 amide bonds. The number of carbonyl (C=O) groups excluding carboxylic acids is 1. The minimum Gasteiger partial charge on any atom is -0.384 e. The van der Waals surface area contributed by atoms with Crippen molar-refractivity contribution >= 4 is 11.6 Å². The van der Waals surface area contributed by atoms with Crippen molar-refractivity contribution in [3.05, 3.63) is 59.9 Å². The number of nitrogens with one attached hydrogen (secondary N) is 2. The molecule has 0 radical (unpaired) electrons. The second-order valence-corrected chi connectivity index (χ2v) is 6.08. The molecule has 0 fully saturated rings. The number of amides is 1. The number of hydrogen-bond acceptors (Lipinski definition) is 3. The molecular weight excluding hydrogens is 286 g/mol. The van der Waals surface area contributed by atoms with E-state index in [-0.39, 0.29) is 5.91 Å². The maximum Gasteiger partial charge on any atom is 0.252 e. The fourth-order valence-electron chi connectivity index (χ4n) is 2.23. The lowest BCUT2D eigenvalue weighted by Gasteiger charge is -2.10. The molecule has 0 bridgehead atoms. The van der Waals surface area contributed by atoms with E-state index < -0.39 is 0 Å². The highest BCUT2D eigenvalue weighted by atomic mass is 16.1. The third-order valence-corrected chi connectivity index (χ3v) is 3.49. The molecule has 0 aliphatic rings. The van der Waals surface area contributed by atoms with Crippen LogP contribution in [0.1, 0.15) is 36.2 Å². The summed E-state index contributed by atoms with van der Waals surface area (Å²) in [4.78, 5) is 16.2. The molecular formula is C19H25N3O. The molecule has 0 atom stereocenters. The average molecular weight is 311 g/mol. The van der Waals surface area contributed by atoms with Gasteiger partial charge in [0.25, 0.3) is 5.91 Å². The number of pyridine rings is 1. The van der Waals surface area contributed by atoms with E-state index >= 15 is 0 Å². The predicted octanol–water partition coefficient (Wildman–Crippen LogP) is 3.51. The van der Waals surface area contributed by atoms with Gasteiger partial charge in [-0.2, -0.15) is 0 Å². The van der Waals surface area contributed by atoms with Crippen molar-refractivity contribution in [2.75, 3.05) is 18.4 Å². The first-order valence-electron chi connectivity index (χ1n) is 8.16. The Bertz CT molecular complexity index is 611. The Morgan fingerprint density at radius 1 is 1.17 bits per heavy atom. The number of carbonyl (C=O) groups is 1. The molecule has 0 aliphatic heterocycles. The van der Waals surface area contributed by atoms with E-state index in [9.17, 15) is 4.79 Å². The Balaban J connectivity index is 1.79. The zero-order chi connectivity index (χ0) is 16.5. The van der Waals surface area contributed by atoms with Crippen molar-refractivity contribution in [2.45, 2.75) is 26.7 Å². The van der Waals surface area contributed by atoms with Gasteiger partial charge in [-0.25, -0.2) is 0 Å². The molecule has 2 N–H and O–H groups in total. The van der Waals surface area contributed by atoms with E-state index in [1.807, 2.05) is 12.1 Å². The Kier molecular flexibility index (Phi) is 6.60. The molecule has 1 aromatic heterocycles. The summed E-state index contributed by atoms with van der Waals surface area (Å²) >= 11 is 0. The Labute approximate surface area is 138 Å². The van der Waals surface area contributed by atoms with Crippen LogP contribution in [0.2, 0.25) is 0 Å². The standard InChI is InChI=1S/C19H25N3O/c1-15(2)12-22-19(23)17-11-18(14-20-13-17)21-10-6-9-16-7-4-3-5-8-16/h3-5,7-8,11,13-15,21H,6,9-10,12H2,1-2H3,(H,22,23). The molecule has 2 rings (SSSR count). The summed E-state index contributed by atoms with van der Waals surface area (Å²) in [6.07, 6.45) is 5.43. The fourth-order valence-corrected chi connectivity index (χ4v) is 2.23. The summed E-state index contributed by atoms with van der Waals surface area (Å²) < 4.78 is 0. The average Bonchev–Trinajstić information content (AvgIpc) is 2.58. The van der Waals surface area contributed by atoms with Crippen LogP contribution in [-0.2, 0) is 6.42 Å². The first kappa shape index (κ1) is 17.0. The molecule has 0 spiro atoms. The van der Waals surface area contributed by atoms with E-state index in [1.54, 1.807) is 12.4 Å². The summed E-state index contributed by atoms with van der Waals surface area (Å²) in [5, 5.41) is 6.24. The van der Waals surface area contributed by atoms with Gasteiger partial charge < -0.3 is 10.6 Å². The van der Waals surface area contributed by atoms with Crippen LogP contribution in [0.15, 0.2) is 48.8 Å². The summed E-state index contributed by atoms with van der Waals surface area (Å²) in [5.41, 5.74) is 2.82. The van der Waals surface area contributed by atoms with E-state index in [2.05, 4.69) is 53.7 Å². The van der Waals surface area contributed by atoms with Crippen molar-refractivity contribution in [1.82, 2.24) is 10.3 Å². The lowest BCUT2D eigenvalue weighted by Crippen LogP contribution is -2.27. The van der Waals surface area contributed by atoms with Crippen LogP contribution in [0.5, 0.6) is 0 Å². The van der Waals surface area contributed by atoms with Crippen molar-refractivity contribution in [3.63, 3.8) is 0 Å². The molecule has 1 heterocycles. The molecule has 4 nitrogen and oxygen atoms in total. The van der Waals surface area contributed by atoms with Gasteiger partial charge in [-0.1, -0.05) is 44.2 Å². The molecule has 23 heavy (non-hydrogen) atoms. The third-order valence-electron chi connectivity index (χ3n) is 3.49. The van der Waals surface area contributed by atoms with Gasteiger partial charge in [0, 0.05) is 25.5 Å². The molecule has 1 aromatic carbocycles. The Morgan fingerprint density at radius 2 is 1.96 bits per heavy atom. The first-order valence-corrected chi connectivity index (χ1v) is 8.16. The second kappa shape index (κ2) is 8.93. The second-order valence-electron chi connectivity index (χ2n) is 6.08. The van der Waals surface area contributed by atoms with Crippen LogP contribution in [0.25, 0.3) is 0 Å². The number of anilines is 1.